The van der Waals surface area contributed by atoms with Crippen molar-refractivity contribution in [3.05, 3.63) is 5.82 Å². The van der Waals surface area contributed by atoms with E-state index in [1.54, 1.807) is 4.80 Å². The maximum absolute atomic E-state index is 4.29. The number of nitrogens with one attached hydrogen (secondary N) is 1. The van der Waals surface area contributed by atoms with Crippen LogP contribution in [-0.2, 0) is 13.5 Å². The van der Waals surface area contributed by atoms with Crippen molar-refractivity contribution in [3.63, 3.8) is 0 Å². The minimum atomic E-state index is 0.729. The van der Waals surface area contributed by atoms with Gasteiger partial charge in [-0.25, -0.2) is 0 Å². The molecular weight excluding hydrogens is 214 g/mol. The molecule has 1 aliphatic carbocycles. The van der Waals surface area contributed by atoms with Gasteiger partial charge in [0, 0.05) is 6.42 Å². The Labute approximate surface area is 103 Å². The van der Waals surface area contributed by atoms with Crippen molar-refractivity contribution < 1.29 is 0 Å². The summed E-state index contributed by atoms with van der Waals surface area (Å²) in [5, 5.41) is 15.8. The van der Waals surface area contributed by atoms with E-state index in [9.17, 15) is 0 Å². The van der Waals surface area contributed by atoms with Gasteiger partial charge in [0.1, 0.15) is 0 Å². The molecule has 5 nitrogen and oxygen atoms in total. The Bertz CT molecular complexity index is 335. The van der Waals surface area contributed by atoms with E-state index in [4.69, 9.17) is 0 Å². The van der Waals surface area contributed by atoms with Crippen LogP contribution in [0.25, 0.3) is 0 Å². The van der Waals surface area contributed by atoms with E-state index in [-0.39, 0.29) is 0 Å². The third-order valence-corrected chi connectivity index (χ3v) is 3.72. The molecule has 2 unspecified atom stereocenters. The highest BCUT2D eigenvalue weighted by atomic mass is 15.6. The Morgan fingerprint density at radius 1 is 1.29 bits per heavy atom. The first-order chi connectivity index (χ1) is 8.29. The fourth-order valence-electron chi connectivity index (χ4n) is 2.79. The predicted octanol–water partition coefficient (Wildman–Crippen LogP) is 1.17. The van der Waals surface area contributed by atoms with Crippen LogP contribution in [0.2, 0.25) is 0 Å². The van der Waals surface area contributed by atoms with Crippen LogP contribution < -0.4 is 5.32 Å². The van der Waals surface area contributed by atoms with E-state index in [1.165, 1.54) is 25.7 Å². The molecule has 17 heavy (non-hydrogen) atoms. The summed E-state index contributed by atoms with van der Waals surface area (Å²) in [6.07, 6.45) is 6.38. The highest BCUT2D eigenvalue weighted by Gasteiger charge is 2.26. The first-order valence-corrected chi connectivity index (χ1v) is 6.73. The van der Waals surface area contributed by atoms with Gasteiger partial charge in [-0.15, -0.1) is 10.2 Å². The zero-order valence-corrected chi connectivity index (χ0v) is 10.9. The first kappa shape index (κ1) is 12.5. The van der Waals surface area contributed by atoms with Gasteiger partial charge in [0.25, 0.3) is 0 Å². The van der Waals surface area contributed by atoms with Gasteiger partial charge in [0.15, 0.2) is 5.82 Å². The molecule has 0 amide bonds. The lowest BCUT2D eigenvalue weighted by Gasteiger charge is -2.31. The monoisotopic (exact) mass is 237 g/mol. The van der Waals surface area contributed by atoms with Gasteiger partial charge in [-0.1, -0.05) is 19.8 Å². The van der Waals surface area contributed by atoms with E-state index >= 15 is 0 Å². The van der Waals surface area contributed by atoms with Crippen molar-refractivity contribution in [2.24, 2.45) is 18.9 Å². The lowest BCUT2D eigenvalue weighted by atomic mass is 9.77. The summed E-state index contributed by atoms with van der Waals surface area (Å²) in [6, 6.07) is 0. The topological polar surface area (TPSA) is 55.6 Å². The van der Waals surface area contributed by atoms with Gasteiger partial charge >= 0.3 is 0 Å². The number of rotatable bonds is 5. The molecule has 1 fully saturated rings. The molecule has 0 aliphatic heterocycles. The van der Waals surface area contributed by atoms with Crippen molar-refractivity contribution in [1.29, 1.82) is 0 Å². The molecule has 0 radical (unpaired) electrons. The molecule has 0 bridgehead atoms. The Kier molecular flexibility index (Phi) is 4.48. The molecule has 1 heterocycles. The van der Waals surface area contributed by atoms with Gasteiger partial charge in [0.05, 0.1) is 7.05 Å². The molecule has 1 N–H and O–H groups in total. The van der Waals surface area contributed by atoms with Crippen molar-refractivity contribution in [1.82, 2.24) is 25.5 Å². The lowest BCUT2D eigenvalue weighted by Crippen LogP contribution is -2.31. The fourth-order valence-corrected chi connectivity index (χ4v) is 2.79. The van der Waals surface area contributed by atoms with E-state index in [2.05, 4.69) is 27.7 Å². The molecule has 0 spiro atoms. The van der Waals surface area contributed by atoms with E-state index in [0.717, 1.165) is 37.2 Å². The molecule has 5 heteroatoms. The minimum Gasteiger partial charge on any atom is -0.317 e. The zero-order chi connectivity index (χ0) is 12.1. The molecule has 2 atom stereocenters. The summed E-state index contributed by atoms with van der Waals surface area (Å²) in [5.74, 6) is 2.42. The van der Waals surface area contributed by atoms with Gasteiger partial charge in [-0.05, 0) is 43.0 Å². The van der Waals surface area contributed by atoms with Gasteiger partial charge in [0.2, 0.25) is 0 Å². The van der Waals surface area contributed by atoms with Crippen LogP contribution in [0.3, 0.4) is 0 Å². The van der Waals surface area contributed by atoms with Crippen molar-refractivity contribution in [2.45, 2.75) is 39.0 Å². The number of hydrogen-bond acceptors (Lipinski definition) is 4. The van der Waals surface area contributed by atoms with Crippen LogP contribution in [0, 0.1) is 11.8 Å². The van der Waals surface area contributed by atoms with Crippen LogP contribution in [0.5, 0.6) is 0 Å². The maximum Gasteiger partial charge on any atom is 0.175 e. The second kappa shape index (κ2) is 6.10. The van der Waals surface area contributed by atoms with E-state index in [1.807, 2.05) is 7.05 Å². The molecule has 1 aromatic rings. The van der Waals surface area contributed by atoms with E-state index < -0.39 is 0 Å². The number of aryl methyl sites for hydroxylation is 1. The average molecular weight is 237 g/mol. The van der Waals surface area contributed by atoms with E-state index in [0.29, 0.717) is 0 Å². The summed E-state index contributed by atoms with van der Waals surface area (Å²) in [7, 11) is 1.83. The SMILES string of the molecule is CCNCC1CCCCC1Cc1nnn(C)n1. The quantitative estimate of drug-likeness (QED) is 0.835. The number of nitrogens with zero attached hydrogens (tertiary/aromatic N) is 4. The standard InChI is InChI=1S/C12H23N5/c1-3-13-9-11-7-5-4-6-10(11)8-12-14-16-17(2)15-12/h10-11,13H,3-9H2,1-2H3. The third kappa shape index (κ3) is 3.49. The fraction of sp³-hybridized carbons (Fsp3) is 0.917. The molecule has 2 rings (SSSR count). The van der Waals surface area contributed by atoms with Crippen LogP contribution in [0.4, 0.5) is 0 Å². The van der Waals surface area contributed by atoms with Crippen molar-refractivity contribution in [2.75, 3.05) is 13.1 Å². The second-order valence-electron chi connectivity index (χ2n) is 5.01. The molecule has 0 aromatic carbocycles. The Hall–Kier alpha value is -0.970. The lowest BCUT2D eigenvalue weighted by molar-refractivity contribution is 0.226. The molecule has 1 saturated carbocycles. The molecule has 1 aromatic heterocycles. The molecule has 96 valence electrons. The highest BCUT2D eigenvalue weighted by molar-refractivity contribution is 4.86. The molecular formula is C12H23N5. The average Bonchev–Trinajstić information content (AvgIpc) is 2.74. The number of hydrogen-bond donors (Lipinski definition) is 1. The number of aromatic nitrogens is 4. The first-order valence-electron chi connectivity index (χ1n) is 6.73. The normalized spacial score (nSPS) is 25.1. The van der Waals surface area contributed by atoms with Crippen molar-refractivity contribution in [3.8, 4) is 0 Å². The third-order valence-electron chi connectivity index (χ3n) is 3.72. The zero-order valence-electron chi connectivity index (χ0n) is 10.9. The smallest absolute Gasteiger partial charge is 0.175 e. The summed E-state index contributed by atoms with van der Waals surface area (Å²) in [6.45, 7) is 4.37. The van der Waals surface area contributed by atoms with Crippen LogP contribution in [-0.4, -0.2) is 33.3 Å². The summed E-state index contributed by atoms with van der Waals surface area (Å²) >= 11 is 0. The van der Waals surface area contributed by atoms with Crippen LogP contribution in [0.1, 0.15) is 38.4 Å². The Morgan fingerprint density at radius 3 is 2.71 bits per heavy atom. The van der Waals surface area contributed by atoms with Gasteiger partial charge < -0.3 is 5.32 Å². The number of tetrazole rings is 1. The minimum absolute atomic E-state index is 0.729. The molecule has 1 aliphatic rings. The van der Waals surface area contributed by atoms with Crippen LogP contribution in [0.15, 0.2) is 0 Å². The highest BCUT2D eigenvalue weighted by Crippen LogP contribution is 2.31. The Morgan fingerprint density at radius 2 is 2.06 bits per heavy atom. The Balaban J connectivity index is 1.91. The van der Waals surface area contributed by atoms with Gasteiger partial charge in [-0.2, -0.15) is 4.80 Å². The summed E-state index contributed by atoms with van der Waals surface area (Å²) < 4.78 is 0. The second-order valence-corrected chi connectivity index (χ2v) is 5.01. The summed E-state index contributed by atoms with van der Waals surface area (Å²) in [4.78, 5) is 1.55. The van der Waals surface area contributed by atoms with Crippen molar-refractivity contribution >= 4 is 0 Å². The maximum atomic E-state index is 4.29. The van der Waals surface area contributed by atoms with Gasteiger partial charge in [-0.3, -0.25) is 0 Å². The summed E-state index contributed by atoms with van der Waals surface area (Å²) in [5.41, 5.74) is 0. The largest absolute Gasteiger partial charge is 0.317 e. The molecule has 0 saturated heterocycles. The van der Waals surface area contributed by atoms with Crippen LogP contribution >= 0.6 is 0 Å². The predicted molar refractivity (Wildman–Crippen MR) is 66.5 cm³/mol.